The molecular formula is C29H43ClNO4P. The lowest BCUT2D eigenvalue weighted by Gasteiger charge is -2.23. The standard InChI is InChI=1S/C29H43ClNO4P/c1-3-5-7-11-19-26(20-12-8-6-4-2)24-34-29(32)28(23-25-17-13-9-14-18-25)31-36(30,33)35-27-21-15-10-16-22-27/h9-10,13-18,21-22,26,28H,3-8,11-12,19-20,23-24H2,1-2H3,(H,31,33)/t28-,36?/m0/s1. The van der Waals surface area contributed by atoms with Crippen LogP contribution in [0.15, 0.2) is 60.7 Å². The largest absolute Gasteiger partial charge is 0.464 e. The van der Waals surface area contributed by atoms with Crippen LogP contribution in [-0.4, -0.2) is 18.6 Å². The molecular weight excluding hydrogens is 493 g/mol. The Morgan fingerprint density at radius 2 is 1.42 bits per heavy atom. The maximum absolute atomic E-state index is 13.2. The number of hydrogen-bond acceptors (Lipinski definition) is 4. The molecule has 0 spiro atoms. The minimum absolute atomic E-state index is 0.298. The van der Waals surface area contributed by atoms with Crippen LogP contribution >= 0.6 is 18.1 Å². The number of para-hydroxylation sites is 1. The first kappa shape index (κ1) is 30.4. The molecule has 0 fully saturated rings. The number of halogens is 1. The molecule has 36 heavy (non-hydrogen) atoms. The topological polar surface area (TPSA) is 64.6 Å². The summed E-state index contributed by atoms with van der Waals surface area (Å²) in [5.74, 6) is 0.251. The van der Waals surface area contributed by atoms with Crippen molar-refractivity contribution in [1.82, 2.24) is 5.09 Å². The number of esters is 1. The number of carbonyl (C=O) groups excluding carboxylic acids is 1. The van der Waals surface area contributed by atoms with Crippen molar-refractivity contribution < 1.29 is 18.6 Å². The van der Waals surface area contributed by atoms with Gasteiger partial charge in [0.15, 0.2) is 0 Å². The van der Waals surface area contributed by atoms with Gasteiger partial charge in [0, 0.05) is 11.2 Å². The molecule has 0 amide bonds. The summed E-state index contributed by atoms with van der Waals surface area (Å²) in [6.07, 6.45) is 12.0. The molecule has 200 valence electrons. The van der Waals surface area contributed by atoms with E-state index < -0.39 is 18.9 Å². The summed E-state index contributed by atoms with van der Waals surface area (Å²) in [5.41, 5.74) is 0.916. The monoisotopic (exact) mass is 535 g/mol. The zero-order valence-corrected chi connectivity index (χ0v) is 23.5. The van der Waals surface area contributed by atoms with Crippen LogP contribution in [-0.2, 0) is 20.5 Å². The fourth-order valence-corrected chi connectivity index (χ4v) is 5.80. The smallest absolute Gasteiger partial charge is 0.409 e. The van der Waals surface area contributed by atoms with E-state index >= 15 is 0 Å². The summed E-state index contributed by atoms with van der Waals surface area (Å²) < 4.78 is 24.4. The summed E-state index contributed by atoms with van der Waals surface area (Å²) in [6.45, 7) is 0.952. The van der Waals surface area contributed by atoms with Crippen molar-refractivity contribution in [1.29, 1.82) is 0 Å². The molecule has 0 aromatic heterocycles. The van der Waals surface area contributed by atoms with E-state index in [9.17, 15) is 9.36 Å². The second-order valence-electron chi connectivity index (χ2n) is 9.45. The van der Waals surface area contributed by atoms with Gasteiger partial charge in [0.05, 0.1) is 6.61 Å². The average Bonchev–Trinajstić information content (AvgIpc) is 2.87. The van der Waals surface area contributed by atoms with Gasteiger partial charge in [-0.2, -0.15) is 0 Å². The Labute approximate surface area is 222 Å². The van der Waals surface area contributed by atoms with E-state index in [2.05, 4.69) is 18.9 Å². The van der Waals surface area contributed by atoms with Gasteiger partial charge in [-0.3, -0.25) is 4.79 Å². The maximum atomic E-state index is 13.2. The molecule has 0 aliphatic rings. The van der Waals surface area contributed by atoms with Crippen LogP contribution in [0.1, 0.15) is 83.6 Å². The molecule has 1 N–H and O–H groups in total. The van der Waals surface area contributed by atoms with Crippen LogP contribution in [0, 0.1) is 5.92 Å². The first-order valence-electron chi connectivity index (χ1n) is 13.5. The molecule has 2 aromatic carbocycles. The number of benzene rings is 2. The fourth-order valence-electron chi connectivity index (χ4n) is 4.19. The van der Waals surface area contributed by atoms with Gasteiger partial charge in [0.1, 0.15) is 11.8 Å². The third kappa shape index (κ3) is 12.9. The first-order valence-corrected chi connectivity index (χ1v) is 16.0. The van der Waals surface area contributed by atoms with E-state index in [-0.39, 0.29) is 0 Å². The summed E-state index contributed by atoms with van der Waals surface area (Å²) in [6, 6.07) is 17.4. The van der Waals surface area contributed by atoms with E-state index in [4.69, 9.17) is 20.5 Å². The third-order valence-electron chi connectivity index (χ3n) is 6.24. The number of ether oxygens (including phenoxy) is 1. The van der Waals surface area contributed by atoms with Crippen LogP contribution in [0.2, 0.25) is 0 Å². The second-order valence-corrected chi connectivity index (χ2v) is 12.2. The molecule has 5 nitrogen and oxygen atoms in total. The van der Waals surface area contributed by atoms with Crippen molar-refractivity contribution in [3.05, 3.63) is 66.2 Å². The van der Waals surface area contributed by atoms with Crippen molar-refractivity contribution in [3.63, 3.8) is 0 Å². The van der Waals surface area contributed by atoms with Crippen LogP contribution in [0.25, 0.3) is 0 Å². The summed E-state index contributed by atoms with van der Waals surface area (Å²) in [7, 11) is 0. The number of carbonyl (C=O) groups is 1. The average molecular weight is 536 g/mol. The van der Waals surface area contributed by atoms with Gasteiger partial charge in [-0.05, 0) is 42.9 Å². The zero-order valence-electron chi connectivity index (χ0n) is 21.9. The highest BCUT2D eigenvalue weighted by Crippen LogP contribution is 2.48. The molecule has 7 heteroatoms. The Morgan fingerprint density at radius 3 is 1.97 bits per heavy atom. The SMILES string of the molecule is CCCCCCC(CCCCCC)COC(=O)[C@H](Cc1ccccc1)NP(=O)(Cl)Oc1ccccc1. The molecule has 0 heterocycles. The molecule has 0 aliphatic carbocycles. The molecule has 2 rings (SSSR count). The van der Waals surface area contributed by atoms with Gasteiger partial charge in [-0.25, -0.2) is 9.65 Å². The Balaban J connectivity index is 2.03. The van der Waals surface area contributed by atoms with Crippen LogP contribution < -0.4 is 9.61 Å². The fraction of sp³-hybridized carbons (Fsp3) is 0.552. The van der Waals surface area contributed by atoms with E-state index in [1.807, 2.05) is 36.4 Å². The predicted octanol–water partition coefficient (Wildman–Crippen LogP) is 8.71. The highest BCUT2D eigenvalue weighted by atomic mass is 35.7. The number of nitrogens with one attached hydrogen (secondary N) is 1. The summed E-state index contributed by atoms with van der Waals surface area (Å²) >= 11 is 6.25. The molecule has 2 aromatic rings. The van der Waals surface area contributed by atoms with Crippen molar-refractivity contribution in [3.8, 4) is 5.75 Å². The van der Waals surface area contributed by atoms with Gasteiger partial charge in [-0.1, -0.05) is 114 Å². The molecule has 0 saturated carbocycles. The zero-order chi connectivity index (χ0) is 26.1. The minimum atomic E-state index is -3.84. The highest BCUT2D eigenvalue weighted by Gasteiger charge is 2.31. The Bertz CT molecular complexity index is 885. The summed E-state index contributed by atoms with van der Waals surface area (Å²) in [5, 5.41) is 2.76. The Morgan fingerprint density at radius 1 is 0.861 bits per heavy atom. The van der Waals surface area contributed by atoms with Gasteiger partial charge in [0.2, 0.25) is 0 Å². The molecule has 1 unspecified atom stereocenters. The minimum Gasteiger partial charge on any atom is -0.464 e. The number of rotatable bonds is 19. The van der Waals surface area contributed by atoms with Gasteiger partial charge in [-0.15, -0.1) is 0 Å². The first-order chi connectivity index (χ1) is 17.4. The molecule has 0 radical (unpaired) electrons. The van der Waals surface area contributed by atoms with E-state index in [1.165, 1.54) is 38.5 Å². The Hall–Kier alpha value is -1.81. The van der Waals surface area contributed by atoms with Crippen LogP contribution in [0.4, 0.5) is 0 Å². The third-order valence-corrected chi connectivity index (χ3v) is 7.80. The van der Waals surface area contributed by atoms with Gasteiger partial charge in [0.25, 0.3) is 0 Å². The maximum Gasteiger partial charge on any atom is 0.409 e. The van der Waals surface area contributed by atoms with Gasteiger partial charge >= 0.3 is 12.8 Å². The van der Waals surface area contributed by atoms with Crippen molar-refractivity contribution >= 4 is 24.1 Å². The van der Waals surface area contributed by atoms with Crippen LogP contribution in [0.3, 0.4) is 0 Å². The second kappa shape index (κ2) is 17.6. The van der Waals surface area contributed by atoms with E-state index in [1.54, 1.807) is 24.3 Å². The van der Waals surface area contributed by atoms with Crippen molar-refractivity contribution in [2.24, 2.45) is 5.92 Å². The van der Waals surface area contributed by atoms with E-state index in [0.717, 1.165) is 31.2 Å². The lowest BCUT2D eigenvalue weighted by atomic mass is 9.95. The summed E-state index contributed by atoms with van der Waals surface area (Å²) in [4.78, 5) is 13.2. The highest BCUT2D eigenvalue weighted by molar-refractivity contribution is 7.84. The van der Waals surface area contributed by atoms with Crippen LogP contribution in [0.5, 0.6) is 5.75 Å². The molecule has 2 atom stereocenters. The molecule has 0 saturated heterocycles. The predicted molar refractivity (Wildman–Crippen MR) is 150 cm³/mol. The Kier molecular flexibility index (Phi) is 14.9. The van der Waals surface area contributed by atoms with Crippen molar-refractivity contribution in [2.75, 3.05) is 6.61 Å². The number of hydrogen-bond donors (Lipinski definition) is 1. The lowest BCUT2D eigenvalue weighted by Crippen LogP contribution is -2.38. The number of unbranched alkanes of at least 4 members (excludes halogenated alkanes) is 6. The quantitative estimate of drug-likeness (QED) is 0.111. The lowest BCUT2D eigenvalue weighted by molar-refractivity contribution is -0.147. The normalized spacial score (nSPS) is 13.8. The van der Waals surface area contributed by atoms with Gasteiger partial charge < -0.3 is 9.26 Å². The van der Waals surface area contributed by atoms with E-state index in [0.29, 0.717) is 24.7 Å². The molecule has 0 bridgehead atoms. The van der Waals surface area contributed by atoms with Crippen molar-refractivity contribution in [2.45, 2.75) is 90.5 Å². The molecule has 0 aliphatic heterocycles.